The fraction of sp³-hybridized carbons (Fsp3) is 0.733. The maximum absolute atomic E-state index is 6.07. The van der Waals surface area contributed by atoms with Crippen LogP contribution in [0.4, 0.5) is 5.82 Å². The average molecular weight is 373 g/mol. The second-order valence-corrected chi connectivity index (χ2v) is 6.69. The normalized spacial score (nSPS) is 23.5. The van der Waals surface area contributed by atoms with Crippen LogP contribution in [0, 0.1) is 9.49 Å². The van der Waals surface area contributed by atoms with E-state index in [0.717, 1.165) is 33.8 Å². The second kappa shape index (κ2) is 6.86. The van der Waals surface area contributed by atoms with Crippen LogP contribution in [0.25, 0.3) is 0 Å². The highest BCUT2D eigenvalue weighted by Crippen LogP contribution is 2.36. The number of aryl methyl sites for hydroxylation is 1. The van der Waals surface area contributed by atoms with Crippen LogP contribution < -0.4 is 5.73 Å². The van der Waals surface area contributed by atoms with Gasteiger partial charge in [-0.05, 0) is 47.8 Å². The number of hydrogen-bond donors (Lipinski definition) is 1. The Balaban J connectivity index is 2.24. The third-order valence-corrected chi connectivity index (χ3v) is 5.35. The zero-order chi connectivity index (χ0) is 13.8. The summed E-state index contributed by atoms with van der Waals surface area (Å²) in [7, 11) is 0. The Morgan fingerprint density at radius 3 is 2.74 bits per heavy atom. The van der Waals surface area contributed by atoms with E-state index in [1.54, 1.807) is 0 Å². The first kappa shape index (κ1) is 15.0. The minimum atomic E-state index is 0.522. The molecule has 3 nitrogen and oxygen atoms in total. The first-order chi connectivity index (χ1) is 9.15. The Labute approximate surface area is 129 Å². The molecule has 0 aliphatic heterocycles. The lowest BCUT2D eigenvalue weighted by Gasteiger charge is -2.27. The summed E-state index contributed by atoms with van der Waals surface area (Å²) in [5.74, 6) is 3.04. The molecule has 1 saturated carbocycles. The Morgan fingerprint density at radius 2 is 2.05 bits per heavy atom. The molecule has 2 N–H and O–H groups in total. The Hall–Kier alpha value is -0.390. The van der Waals surface area contributed by atoms with Crippen molar-refractivity contribution in [3.05, 3.63) is 15.1 Å². The zero-order valence-corrected chi connectivity index (χ0v) is 14.1. The molecule has 0 bridgehead atoms. The van der Waals surface area contributed by atoms with Crippen molar-refractivity contribution in [1.82, 2.24) is 9.97 Å². The van der Waals surface area contributed by atoms with Gasteiger partial charge in [-0.3, -0.25) is 0 Å². The van der Waals surface area contributed by atoms with Gasteiger partial charge in [-0.1, -0.05) is 39.5 Å². The summed E-state index contributed by atoms with van der Waals surface area (Å²) in [5, 5.41) is 0. The number of anilines is 1. The minimum absolute atomic E-state index is 0.522. The van der Waals surface area contributed by atoms with Crippen molar-refractivity contribution in [2.24, 2.45) is 5.92 Å². The Morgan fingerprint density at radius 1 is 1.26 bits per heavy atom. The number of nitrogens with two attached hydrogens (primary N) is 1. The van der Waals surface area contributed by atoms with Gasteiger partial charge >= 0.3 is 0 Å². The maximum Gasteiger partial charge on any atom is 0.140 e. The number of nitrogens with zero attached hydrogens (tertiary/aromatic N) is 2. The molecule has 1 fully saturated rings. The third kappa shape index (κ3) is 3.58. The van der Waals surface area contributed by atoms with E-state index in [1.165, 1.54) is 32.1 Å². The van der Waals surface area contributed by atoms with Crippen LogP contribution in [0.5, 0.6) is 0 Å². The SMILES string of the molecule is CCCc1nc(C2CCCC(CC)C2)nc(N)c1I. The monoisotopic (exact) mass is 373 g/mol. The van der Waals surface area contributed by atoms with Crippen molar-refractivity contribution in [2.75, 3.05) is 5.73 Å². The van der Waals surface area contributed by atoms with Gasteiger partial charge in [0, 0.05) is 5.92 Å². The molecule has 1 aromatic rings. The molecular weight excluding hydrogens is 349 g/mol. The number of hydrogen-bond acceptors (Lipinski definition) is 3. The highest BCUT2D eigenvalue weighted by molar-refractivity contribution is 14.1. The zero-order valence-electron chi connectivity index (χ0n) is 12.0. The number of halogens is 1. The molecule has 0 saturated heterocycles. The van der Waals surface area contributed by atoms with E-state index in [0.29, 0.717) is 11.7 Å². The van der Waals surface area contributed by atoms with Crippen molar-refractivity contribution >= 4 is 28.4 Å². The van der Waals surface area contributed by atoms with E-state index in [2.05, 4.69) is 41.4 Å². The van der Waals surface area contributed by atoms with Crippen LogP contribution in [0.1, 0.15) is 69.8 Å². The van der Waals surface area contributed by atoms with Gasteiger partial charge in [-0.2, -0.15) is 0 Å². The Kier molecular flexibility index (Phi) is 5.42. The molecule has 1 aromatic heterocycles. The molecule has 106 valence electrons. The molecule has 1 aliphatic rings. The van der Waals surface area contributed by atoms with Gasteiger partial charge in [-0.25, -0.2) is 9.97 Å². The first-order valence-electron chi connectivity index (χ1n) is 7.47. The molecule has 0 spiro atoms. The maximum atomic E-state index is 6.07. The molecule has 2 atom stereocenters. The molecule has 4 heteroatoms. The number of rotatable bonds is 4. The summed E-state index contributed by atoms with van der Waals surface area (Å²) < 4.78 is 1.05. The second-order valence-electron chi connectivity index (χ2n) is 5.62. The average Bonchev–Trinajstić information content (AvgIpc) is 2.44. The lowest BCUT2D eigenvalue weighted by molar-refractivity contribution is 0.307. The van der Waals surface area contributed by atoms with E-state index >= 15 is 0 Å². The molecule has 1 aliphatic carbocycles. The van der Waals surface area contributed by atoms with Crippen LogP contribution in [-0.4, -0.2) is 9.97 Å². The van der Waals surface area contributed by atoms with E-state index in [4.69, 9.17) is 10.7 Å². The van der Waals surface area contributed by atoms with Gasteiger partial charge in [0.05, 0.1) is 9.26 Å². The largest absolute Gasteiger partial charge is 0.383 e. The van der Waals surface area contributed by atoms with Gasteiger partial charge < -0.3 is 5.73 Å². The standard InChI is InChI=1S/C15H24IN3/c1-3-6-12-13(16)14(17)19-15(18-12)11-8-5-7-10(4-2)9-11/h10-11H,3-9H2,1-2H3,(H2,17,18,19). The predicted octanol–water partition coefficient (Wildman–Crippen LogP) is 4.30. The van der Waals surface area contributed by atoms with Crippen molar-refractivity contribution in [3.63, 3.8) is 0 Å². The Bertz CT molecular complexity index is 434. The third-order valence-electron chi connectivity index (χ3n) is 4.17. The van der Waals surface area contributed by atoms with E-state index < -0.39 is 0 Å². The van der Waals surface area contributed by atoms with Crippen LogP contribution in [0.15, 0.2) is 0 Å². The lowest BCUT2D eigenvalue weighted by Crippen LogP contribution is -2.18. The molecule has 19 heavy (non-hydrogen) atoms. The van der Waals surface area contributed by atoms with Crippen molar-refractivity contribution in [2.45, 2.75) is 64.7 Å². The lowest BCUT2D eigenvalue weighted by atomic mass is 9.80. The molecular formula is C15H24IN3. The summed E-state index contributed by atoms with van der Waals surface area (Å²) in [6.07, 6.45) is 8.52. The van der Waals surface area contributed by atoms with Gasteiger partial charge in [0.2, 0.25) is 0 Å². The van der Waals surface area contributed by atoms with Gasteiger partial charge in [0.15, 0.2) is 0 Å². The molecule has 0 amide bonds. The highest BCUT2D eigenvalue weighted by Gasteiger charge is 2.25. The fourth-order valence-corrected chi connectivity index (χ4v) is 3.52. The van der Waals surface area contributed by atoms with Crippen LogP contribution in [0.2, 0.25) is 0 Å². The van der Waals surface area contributed by atoms with Gasteiger partial charge in [0.25, 0.3) is 0 Å². The van der Waals surface area contributed by atoms with E-state index in [-0.39, 0.29) is 0 Å². The minimum Gasteiger partial charge on any atom is -0.383 e. The smallest absolute Gasteiger partial charge is 0.140 e. The van der Waals surface area contributed by atoms with Crippen molar-refractivity contribution in [1.29, 1.82) is 0 Å². The van der Waals surface area contributed by atoms with E-state index in [1.807, 2.05) is 0 Å². The van der Waals surface area contributed by atoms with Crippen LogP contribution in [-0.2, 0) is 6.42 Å². The molecule has 2 unspecified atom stereocenters. The number of aromatic nitrogens is 2. The topological polar surface area (TPSA) is 51.8 Å². The van der Waals surface area contributed by atoms with Crippen molar-refractivity contribution in [3.8, 4) is 0 Å². The molecule has 0 radical (unpaired) electrons. The molecule has 1 heterocycles. The molecule has 2 rings (SSSR count). The summed E-state index contributed by atoms with van der Waals surface area (Å²) in [6.45, 7) is 4.47. The van der Waals surface area contributed by atoms with E-state index in [9.17, 15) is 0 Å². The highest BCUT2D eigenvalue weighted by atomic mass is 127. The van der Waals surface area contributed by atoms with Crippen LogP contribution in [0.3, 0.4) is 0 Å². The van der Waals surface area contributed by atoms with Gasteiger partial charge in [-0.15, -0.1) is 0 Å². The van der Waals surface area contributed by atoms with Gasteiger partial charge in [0.1, 0.15) is 11.6 Å². The molecule has 0 aromatic carbocycles. The van der Waals surface area contributed by atoms with Crippen LogP contribution >= 0.6 is 22.6 Å². The quantitative estimate of drug-likeness (QED) is 0.801. The number of nitrogen functional groups attached to an aromatic ring is 1. The summed E-state index contributed by atoms with van der Waals surface area (Å²) >= 11 is 2.28. The summed E-state index contributed by atoms with van der Waals surface area (Å²) in [6, 6.07) is 0. The predicted molar refractivity (Wildman–Crippen MR) is 88.1 cm³/mol. The summed E-state index contributed by atoms with van der Waals surface area (Å²) in [4.78, 5) is 9.38. The summed E-state index contributed by atoms with van der Waals surface area (Å²) in [5.41, 5.74) is 7.21. The first-order valence-corrected chi connectivity index (χ1v) is 8.55. The fourth-order valence-electron chi connectivity index (χ4n) is 3.01. The van der Waals surface area contributed by atoms with Crippen molar-refractivity contribution < 1.29 is 0 Å².